The molecule has 2 amide bonds. The molecule has 212 valence electrons. The SMILES string of the molecule is CC[C@@]12C=CCOC(=O)[C@@H]1[C@H]1C(=O)N([C@@H](CO)CC(C)C)C3C(=O)N(Cn4nnc5ccccc54)CC=C[C@@]31O2. The van der Waals surface area contributed by atoms with Gasteiger partial charge in [0.05, 0.1) is 24.1 Å². The molecule has 4 aliphatic rings. The number of ether oxygens (including phenoxy) is 2. The minimum absolute atomic E-state index is 0.0997. The highest BCUT2D eigenvalue weighted by atomic mass is 16.6. The normalized spacial score (nSPS) is 32.2. The van der Waals surface area contributed by atoms with Gasteiger partial charge in [-0.15, -0.1) is 5.10 Å². The van der Waals surface area contributed by atoms with E-state index in [4.69, 9.17) is 9.47 Å². The molecule has 1 aromatic heterocycles. The second-order valence-electron chi connectivity index (χ2n) is 11.5. The summed E-state index contributed by atoms with van der Waals surface area (Å²) in [5.74, 6) is -2.95. The van der Waals surface area contributed by atoms with E-state index < -0.39 is 41.1 Å². The molecule has 6 atom stereocenters. The number of nitrogens with zero attached hydrogens (tertiary/aromatic N) is 5. The highest BCUT2D eigenvalue weighted by Gasteiger charge is 2.76. The van der Waals surface area contributed by atoms with Crippen molar-refractivity contribution in [1.29, 1.82) is 0 Å². The molecular weight excluding hydrogens is 514 g/mol. The Hall–Kier alpha value is -3.57. The smallest absolute Gasteiger partial charge is 0.313 e. The fraction of sp³-hybridized carbons (Fsp3) is 0.552. The van der Waals surface area contributed by atoms with Crippen LogP contribution in [0.3, 0.4) is 0 Å². The fourth-order valence-electron chi connectivity index (χ4n) is 7.11. The lowest BCUT2D eigenvalue weighted by atomic mass is 9.73. The van der Waals surface area contributed by atoms with E-state index in [1.165, 1.54) is 4.90 Å². The Morgan fingerprint density at radius 1 is 1.10 bits per heavy atom. The number of hydrogen-bond acceptors (Lipinski definition) is 8. The largest absolute Gasteiger partial charge is 0.461 e. The number of hydrogen-bond donors (Lipinski definition) is 1. The van der Waals surface area contributed by atoms with E-state index in [0.29, 0.717) is 18.4 Å². The van der Waals surface area contributed by atoms with Crippen molar-refractivity contribution in [2.45, 2.75) is 63.6 Å². The molecule has 0 radical (unpaired) electrons. The quantitative estimate of drug-likeness (QED) is 0.408. The van der Waals surface area contributed by atoms with Gasteiger partial charge in [-0.3, -0.25) is 14.4 Å². The van der Waals surface area contributed by atoms with Crippen LogP contribution >= 0.6 is 0 Å². The van der Waals surface area contributed by atoms with Gasteiger partial charge < -0.3 is 24.4 Å². The third-order valence-corrected chi connectivity index (χ3v) is 8.79. The first-order chi connectivity index (χ1) is 19.3. The van der Waals surface area contributed by atoms with E-state index >= 15 is 0 Å². The molecule has 2 fully saturated rings. The molecule has 0 bridgehead atoms. The highest BCUT2D eigenvalue weighted by Crippen LogP contribution is 2.58. The number of aromatic nitrogens is 3. The van der Waals surface area contributed by atoms with E-state index in [9.17, 15) is 19.5 Å². The van der Waals surface area contributed by atoms with Crippen LogP contribution in [0.5, 0.6) is 0 Å². The zero-order chi connectivity index (χ0) is 28.2. The Labute approximate surface area is 232 Å². The molecule has 11 nitrogen and oxygen atoms in total. The zero-order valence-corrected chi connectivity index (χ0v) is 23.0. The predicted molar refractivity (Wildman–Crippen MR) is 143 cm³/mol. The molecule has 1 aromatic carbocycles. The van der Waals surface area contributed by atoms with Gasteiger partial charge in [-0.2, -0.15) is 0 Å². The second-order valence-corrected chi connectivity index (χ2v) is 11.5. The molecule has 1 unspecified atom stereocenters. The Morgan fingerprint density at radius 2 is 1.90 bits per heavy atom. The molecule has 4 aliphatic heterocycles. The number of fused-ring (bicyclic) bond motifs is 3. The number of benzene rings is 1. The van der Waals surface area contributed by atoms with Gasteiger partial charge in [0.25, 0.3) is 5.91 Å². The average Bonchev–Trinajstić information content (AvgIpc) is 3.48. The number of rotatable bonds is 7. The number of aliphatic hydroxyl groups excluding tert-OH is 1. The predicted octanol–water partition coefficient (Wildman–Crippen LogP) is 1.67. The van der Waals surface area contributed by atoms with Gasteiger partial charge in [0, 0.05) is 6.54 Å². The van der Waals surface area contributed by atoms with Gasteiger partial charge in [0.15, 0.2) is 0 Å². The van der Waals surface area contributed by atoms with Gasteiger partial charge in [-0.1, -0.05) is 56.3 Å². The standard InChI is InChI=1S/C29H35N5O6/c1-4-28-11-8-14-39-27(38)23(28)22-25(36)34(19(16-35)15-18(2)3)24-26(37)32(13-7-12-29(22,24)40-28)17-33-21-10-6-5-9-20(21)30-31-33/h5-12,18-19,22-24,35H,4,13-17H2,1-3H3/t19-,22+,23+,24?,28-,29+/m1/s1. The lowest BCUT2D eigenvalue weighted by Gasteiger charge is -2.41. The van der Waals surface area contributed by atoms with Gasteiger partial charge in [0.1, 0.15) is 42.0 Å². The summed E-state index contributed by atoms with van der Waals surface area (Å²) >= 11 is 0. The minimum atomic E-state index is -1.40. The minimum Gasteiger partial charge on any atom is -0.461 e. The summed E-state index contributed by atoms with van der Waals surface area (Å²) in [4.78, 5) is 45.5. The second kappa shape index (κ2) is 9.81. The molecule has 1 spiro atoms. The summed E-state index contributed by atoms with van der Waals surface area (Å²) < 4.78 is 14.0. The summed E-state index contributed by atoms with van der Waals surface area (Å²) in [5.41, 5.74) is -1.01. The van der Waals surface area contributed by atoms with Crippen LogP contribution < -0.4 is 0 Å². The van der Waals surface area contributed by atoms with Crippen LogP contribution in [0.15, 0.2) is 48.6 Å². The van der Waals surface area contributed by atoms with Crippen molar-refractivity contribution < 1.29 is 29.0 Å². The molecule has 40 heavy (non-hydrogen) atoms. The maximum atomic E-state index is 14.6. The Bertz CT molecular complexity index is 1400. The fourth-order valence-corrected chi connectivity index (χ4v) is 7.11. The van der Waals surface area contributed by atoms with E-state index in [1.807, 2.05) is 57.2 Å². The Kier molecular flexibility index (Phi) is 6.53. The molecule has 11 heteroatoms. The van der Waals surface area contributed by atoms with Crippen molar-refractivity contribution in [2.75, 3.05) is 19.8 Å². The van der Waals surface area contributed by atoms with Gasteiger partial charge in [0.2, 0.25) is 5.91 Å². The van der Waals surface area contributed by atoms with Crippen molar-refractivity contribution in [1.82, 2.24) is 24.8 Å². The molecule has 5 heterocycles. The van der Waals surface area contributed by atoms with Crippen LogP contribution in [-0.4, -0.2) is 90.7 Å². The van der Waals surface area contributed by atoms with Crippen LogP contribution in [0.4, 0.5) is 0 Å². The number of amides is 2. The average molecular weight is 550 g/mol. The first-order valence-electron chi connectivity index (χ1n) is 14.0. The van der Waals surface area contributed by atoms with Crippen LogP contribution in [-0.2, 0) is 30.5 Å². The molecule has 2 aromatic rings. The van der Waals surface area contributed by atoms with Crippen molar-refractivity contribution in [3.05, 3.63) is 48.6 Å². The number of aliphatic hydroxyl groups is 1. The van der Waals surface area contributed by atoms with Crippen molar-refractivity contribution >= 4 is 28.8 Å². The van der Waals surface area contributed by atoms with E-state index in [1.54, 1.807) is 21.7 Å². The topological polar surface area (TPSA) is 127 Å². The summed E-state index contributed by atoms with van der Waals surface area (Å²) in [7, 11) is 0. The van der Waals surface area contributed by atoms with Crippen LogP contribution in [0, 0.1) is 17.8 Å². The van der Waals surface area contributed by atoms with Crippen LogP contribution in [0.1, 0.15) is 33.6 Å². The molecule has 6 rings (SSSR count). The number of likely N-dealkylation sites (tertiary alicyclic amines) is 1. The molecular formula is C29H35N5O6. The summed E-state index contributed by atoms with van der Waals surface area (Å²) in [6.45, 7) is 6.06. The van der Waals surface area contributed by atoms with Gasteiger partial charge >= 0.3 is 5.97 Å². The summed E-state index contributed by atoms with van der Waals surface area (Å²) in [6.07, 6.45) is 8.11. The molecule has 1 N–H and O–H groups in total. The van der Waals surface area contributed by atoms with Crippen molar-refractivity contribution in [3.63, 3.8) is 0 Å². The number of carbonyl (C=O) groups excluding carboxylic acids is 3. The van der Waals surface area contributed by atoms with Gasteiger partial charge in [-0.05, 0) is 37.0 Å². The third kappa shape index (κ3) is 3.81. The van der Waals surface area contributed by atoms with Gasteiger partial charge in [-0.25, -0.2) is 4.68 Å². The maximum Gasteiger partial charge on any atom is 0.313 e. The number of esters is 1. The molecule has 0 saturated carbocycles. The summed E-state index contributed by atoms with van der Waals surface area (Å²) in [5, 5.41) is 18.9. The van der Waals surface area contributed by atoms with Crippen molar-refractivity contribution in [2.24, 2.45) is 17.8 Å². The Balaban J connectivity index is 1.47. The Morgan fingerprint density at radius 3 is 2.65 bits per heavy atom. The zero-order valence-electron chi connectivity index (χ0n) is 23.0. The number of carbonyl (C=O) groups is 3. The van der Waals surface area contributed by atoms with Crippen molar-refractivity contribution in [3.8, 4) is 0 Å². The number of para-hydroxylation sites is 1. The number of cyclic esters (lactones) is 1. The summed E-state index contributed by atoms with van der Waals surface area (Å²) in [6, 6.07) is 5.79. The lowest BCUT2D eigenvalue weighted by Crippen LogP contribution is -2.59. The van der Waals surface area contributed by atoms with Crippen LogP contribution in [0.2, 0.25) is 0 Å². The maximum absolute atomic E-state index is 14.6. The lowest BCUT2D eigenvalue weighted by molar-refractivity contribution is -0.162. The van der Waals surface area contributed by atoms with E-state index in [-0.39, 0.29) is 44.2 Å². The first kappa shape index (κ1) is 26.6. The van der Waals surface area contributed by atoms with E-state index in [0.717, 1.165) is 5.52 Å². The third-order valence-electron chi connectivity index (χ3n) is 8.79. The molecule has 0 aliphatic carbocycles. The first-order valence-corrected chi connectivity index (χ1v) is 14.0. The highest BCUT2D eigenvalue weighted by molar-refractivity contribution is 5.99. The monoisotopic (exact) mass is 549 g/mol. The molecule has 2 saturated heterocycles. The van der Waals surface area contributed by atoms with Crippen LogP contribution in [0.25, 0.3) is 11.0 Å². The van der Waals surface area contributed by atoms with E-state index in [2.05, 4.69) is 10.3 Å².